The summed E-state index contributed by atoms with van der Waals surface area (Å²) < 4.78 is 28.8. The summed E-state index contributed by atoms with van der Waals surface area (Å²) in [5.74, 6) is 0.748. The van der Waals surface area contributed by atoms with E-state index in [-0.39, 0.29) is 5.41 Å². The van der Waals surface area contributed by atoms with Gasteiger partial charge in [-0.1, -0.05) is 11.6 Å². The summed E-state index contributed by atoms with van der Waals surface area (Å²) in [5, 5.41) is 0.600. The standard InChI is InChI=1S/C22H29ClN4O2S/c1-16-13-20(17(2)12-19(16)23)30(28,29)27-11-5-8-22(15-27)7-4-10-26(14-22)21-24-9-6-18(3)25-21/h6,9,12-13H,4-5,7-8,10-11,14-15H2,1-3H3. The Morgan fingerprint density at radius 1 is 1.03 bits per heavy atom. The van der Waals surface area contributed by atoms with Gasteiger partial charge in [-0.15, -0.1) is 0 Å². The maximum atomic E-state index is 13.5. The van der Waals surface area contributed by atoms with Crippen LogP contribution in [0.5, 0.6) is 0 Å². The van der Waals surface area contributed by atoms with Gasteiger partial charge in [-0.2, -0.15) is 4.31 Å². The number of anilines is 1. The predicted octanol–water partition coefficient (Wildman–Crippen LogP) is 4.13. The van der Waals surface area contributed by atoms with Crippen LogP contribution in [-0.2, 0) is 10.0 Å². The summed E-state index contributed by atoms with van der Waals surface area (Å²) in [6, 6.07) is 5.36. The van der Waals surface area contributed by atoms with Gasteiger partial charge in [0, 0.05) is 48.5 Å². The first-order valence-electron chi connectivity index (χ1n) is 10.5. The number of nitrogens with zero attached hydrogens (tertiary/aromatic N) is 4. The van der Waals surface area contributed by atoms with Gasteiger partial charge in [0.25, 0.3) is 0 Å². The van der Waals surface area contributed by atoms with Gasteiger partial charge in [0.15, 0.2) is 0 Å². The Bertz CT molecular complexity index is 1060. The highest BCUT2D eigenvalue weighted by Crippen LogP contribution is 2.41. The number of aromatic nitrogens is 2. The van der Waals surface area contributed by atoms with Gasteiger partial charge in [-0.3, -0.25) is 0 Å². The molecule has 8 heteroatoms. The molecule has 0 N–H and O–H groups in total. The number of benzene rings is 1. The number of aryl methyl sites for hydroxylation is 3. The molecule has 1 spiro atoms. The molecule has 30 heavy (non-hydrogen) atoms. The van der Waals surface area contributed by atoms with Crippen molar-refractivity contribution in [1.29, 1.82) is 0 Å². The number of hydrogen-bond donors (Lipinski definition) is 0. The van der Waals surface area contributed by atoms with E-state index in [0.717, 1.165) is 56.0 Å². The largest absolute Gasteiger partial charge is 0.340 e. The van der Waals surface area contributed by atoms with Crippen LogP contribution >= 0.6 is 11.6 Å². The molecule has 2 fully saturated rings. The van der Waals surface area contributed by atoms with Crippen molar-refractivity contribution in [3.8, 4) is 0 Å². The van der Waals surface area contributed by atoms with Crippen LogP contribution in [0.4, 0.5) is 5.95 Å². The third kappa shape index (κ3) is 4.07. The second-order valence-corrected chi connectivity index (χ2v) is 11.1. The van der Waals surface area contributed by atoms with E-state index in [1.54, 1.807) is 22.6 Å². The second-order valence-electron chi connectivity index (χ2n) is 8.83. The third-order valence-electron chi connectivity index (χ3n) is 6.43. The molecule has 2 aliphatic heterocycles. The van der Waals surface area contributed by atoms with E-state index >= 15 is 0 Å². The van der Waals surface area contributed by atoms with Gasteiger partial charge in [0.2, 0.25) is 16.0 Å². The Morgan fingerprint density at radius 2 is 1.77 bits per heavy atom. The minimum absolute atomic E-state index is 0.0634. The van der Waals surface area contributed by atoms with Crippen molar-refractivity contribution < 1.29 is 8.42 Å². The molecule has 2 aliphatic rings. The van der Waals surface area contributed by atoms with Crippen LogP contribution in [0.3, 0.4) is 0 Å². The zero-order valence-corrected chi connectivity index (χ0v) is 19.4. The van der Waals surface area contributed by atoms with Crippen molar-refractivity contribution in [2.24, 2.45) is 5.41 Å². The summed E-state index contributed by atoms with van der Waals surface area (Å²) in [5.41, 5.74) is 2.36. The lowest BCUT2D eigenvalue weighted by atomic mass is 9.74. The molecule has 0 amide bonds. The van der Waals surface area contributed by atoms with Crippen LogP contribution in [0.15, 0.2) is 29.3 Å². The molecule has 162 valence electrons. The average Bonchev–Trinajstić information content (AvgIpc) is 2.71. The average molecular weight is 449 g/mol. The topological polar surface area (TPSA) is 66.4 Å². The number of halogens is 1. The fourth-order valence-electron chi connectivity index (χ4n) is 4.84. The first-order chi connectivity index (χ1) is 14.2. The smallest absolute Gasteiger partial charge is 0.243 e. The Balaban J connectivity index is 1.60. The maximum absolute atomic E-state index is 13.5. The summed E-state index contributed by atoms with van der Waals surface area (Å²) in [6.07, 6.45) is 5.74. The lowest BCUT2D eigenvalue weighted by Gasteiger charge is -2.48. The lowest BCUT2D eigenvalue weighted by molar-refractivity contribution is 0.122. The first-order valence-corrected chi connectivity index (χ1v) is 12.3. The normalized spacial score (nSPS) is 23.1. The van der Waals surface area contributed by atoms with Gasteiger partial charge < -0.3 is 4.90 Å². The molecule has 2 saturated heterocycles. The summed E-state index contributed by atoms with van der Waals surface area (Å²) in [7, 11) is -3.57. The number of rotatable bonds is 3. The maximum Gasteiger partial charge on any atom is 0.243 e. The molecule has 1 aromatic carbocycles. The molecule has 0 aliphatic carbocycles. The van der Waals surface area contributed by atoms with Gasteiger partial charge in [0.1, 0.15) is 0 Å². The quantitative estimate of drug-likeness (QED) is 0.706. The molecule has 1 atom stereocenters. The summed E-state index contributed by atoms with van der Waals surface area (Å²) >= 11 is 6.20. The van der Waals surface area contributed by atoms with Gasteiger partial charge >= 0.3 is 0 Å². The fraction of sp³-hybridized carbons (Fsp3) is 0.545. The Hall–Kier alpha value is -1.70. The van der Waals surface area contributed by atoms with E-state index in [2.05, 4.69) is 14.9 Å². The van der Waals surface area contributed by atoms with E-state index < -0.39 is 10.0 Å². The van der Waals surface area contributed by atoms with Crippen LogP contribution in [-0.4, -0.2) is 48.9 Å². The van der Waals surface area contributed by atoms with E-state index in [9.17, 15) is 8.42 Å². The Kier molecular flexibility index (Phi) is 5.81. The molecule has 0 radical (unpaired) electrons. The zero-order valence-electron chi connectivity index (χ0n) is 17.9. The zero-order chi connectivity index (χ0) is 21.5. The molecular formula is C22H29ClN4O2S. The lowest BCUT2D eigenvalue weighted by Crippen LogP contribution is -2.54. The van der Waals surface area contributed by atoms with Crippen molar-refractivity contribution in [1.82, 2.24) is 14.3 Å². The van der Waals surface area contributed by atoms with Crippen LogP contribution in [0.2, 0.25) is 5.02 Å². The highest BCUT2D eigenvalue weighted by Gasteiger charge is 2.43. The molecular weight excluding hydrogens is 420 g/mol. The van der Waals surface area contributed by atoms with Crippen molar-refractivity contribution in [3.05, 3.63) is 46.2 Å². The van der Waals surface area contributed by atoms with Crippen LogP contribution in [0.1, 0.15) is 42.5 Å². The Labute approximate surface area is 184 Å². The monoisotopic (exact) mass is 448 g/mol. The summed E-state index contributed by atoms with van der Waals surface area (Å²) in [6.45, 7) is 8.43. The SMILES string of the molecule is Cc1ccnc(N2CCCC3(CCCN(S(=O)(=O)c4cc(C)c(Cl)cc4C)C3)C2)n1. The number of hydrogen-bond acceptors (Lipinski definition) is 5. The van der Waals surface area contributed by atoms with Gasteiger partial charge in [-0.05, 0) is 75.8 Å². The molecule has 0 saturated carbocycles. The Morgan fingerprint density at radius 3 is 2.50 bits per heavy atom. The minimum atomic E-state index is -3.57. The van der Waals surface area contributed by atoms with Gasteiger partial charge in [0.05, 0.1) is 4.90 Å². The molecule has 0 bridgehead atoms. The van der Waals surface area contributed by atoms with E-state index in [0.29, 0.717) is 28.6 Å². The molecule has 6 nitrogen and oxygen atoms in total. The van der Waals surface area contributed by atoms with Gasteiger partial charge in [-0.25, -0.2) is 18.4 Å². The molecule has 3 heterocycles. The predicted molar refractivity (Wildman–Crippen MR) is 120 cm³/mol. The molecule has 1 unspecified atom stereocenters. The number of piperidine rings is 2. The van der Waals surface area contributed by atoms with E-state index in [1.807, 2.05) is 26.8 Å². The second kappa shape index (κ2) is 8.09. The minimum Gasteiger partial charge on any atom is -0.340 e. The van der Waals surface area contributed by atoms with Crippen molar-refractivity contribution >= 4 is 27.6 Å². The molecule has 1 aromatic heterocycles. The molecule has 4 rings (SSSR count). The van der Waals surface area contributed by atoms with Crippen LogP contribution in [0, 0.1) is 26.2 Å². The van der Waals surface area contributed by atoms with Crippen molar-refractivity contribution in [2.75, 3.05) is 31.1 Å². The third-order valence-corrected chi connectivity index (χ3v) is 8.82. The number of sulfonamides is 1. The van der Waals surface area contributed by atoms with Crippen molar-refractivity contribution in [3.63, 3.8) is 0 Å². The van der Waals surface area contributed by atoms with E-state index in [1.165, 1.54) is 0 Å². The molecule has 2 aromatic rings. The summed E-state index contributed by atoms with van der Waals surface area (Å²) in [4.78, 5) is 11.6. The highest BCUT2D eigenvalue weighted by molar-refractivity contribution is 7.89. The fourth-order valence-corrected chi connectivity index (χ4v) is 6.94. The van der Waals surface area contributed by atoms with Crippen molar-refractivity contribution in [2.45, 2.75) is 51.3 Å². The van der Waals surface area contributed by atoms with E-state index in [4.69, 9.17) is 11.6 Å². The first kappa shape index (κ1) is 21.5. The van der Waals surface area contributed by atoms with Crippen LogP contribution in [0.25, 0.3) is 0 Å². The highest BCUT2D eigenvalue weighted by atomic mass is 35.5. The van der Waals surface area contributed by atoms with Crippen LogP contribution < -0.4 is 4.90 Å².